The summed E-state index contributed by atoms with van der Waals surface area (Å²) >= 11 is 0. The predicted molar refractivity (Wildman–Crippen MR) is 158 cm³/mol. The number of anilines is 1. The number of amides is 6. The number of carboxylic acid groups (broad SMARTS) is 1. The summed E-state index contributed by atoms with van der Waals surface area (Å²) in [6.07, 6.45) is -1.19. The highest BCUT2D eigenvalue weighted by Crippen LogP contribution is 2.25. The molecule has 1 fully saturated rings. The molecule has 8 N–H and O–H groups in total. The van der Waals surface area contributed by atoms with Crippen molar-refractivity contribution in [3.8, 4) is 0 Å². The Hall–Kier alpha value is -5.10. The highest BCUT2D eigenvalue weighted by atomic mass is 16.5. The molecule has 0 radical (unpaired) electrons. The van der Waals surface area contributed by atoms with E-state index in [0.29, 0.717) is 11.3 Å². The van der Waals surface area contributed by atoms with Crippen LogP contribution in [0.15, 0.2) is 24.3 Å². The summed E-state index contributed by atoms with van der Waals surface area (Å²) in [7, 11) is 0. The van der Waals surface area contributed by atoms with E-state index in [-0.39, 0.29) is 19.6 Å². The van der Waals surface area contributed by atoms with E-state index in [0.717, 1.165) is 4.90 Å². The molecule has 1 heterocycles. The van der Waals surface area contributed by atoms with Crippen LogP contribution < -0.4 is 31.9 Å². The molecule has 1 aromatic carbocycles. The van der Waals surface area contributed by atoms with E-state index < -0.39 is 97.8 Å². The predicted octanol–water partition coefficient (Wildman–Crippen LogP) is -3.23. The average molecular weight is 650 g/mol. The monoisotopic (exact) mass is 649 g/mol. The summed E-state index contributed by atoms with van der Waals surface area (Å²) < 4.78 is 4.89. The molecule has 1 aromatic rings. The molecule has 4 atom stereocenters. The quantitative estimate of drug-likeness (QED) is 0.0775. The zero-order valence-corrected chi connectivity index (χ0v) is 25.6. The number of hydrogen-bond donors (Lipinski definition) is 8. The fourth-order valence-corrected chi connectivity index (χ4v) is 4.21. The first-order valence-corrected chi connectivity index (χ1v) is 14.2. The van der Waals surface area contributed by atoms with Crippen molar-refractivity contribution < 1.29 is 53.3 Å². The van der Waals surface area contributed by atoms with Gasteiger partial charge in [-0.2, -0.15) is 0 Å². The zero-order valence-electron chi connectivity index (χ0n) is 25.6. The number of ether oxygens (including phenoxy) is 1. The molecule has 2 unspecified atom stereocenters. The number of esters is 1. The van der Waals surface area contributed by atoms with Crippen molar-refractivity contribution >= 4 is 53.1 Å². The van der Waals surface area contributed by atoms with Gasteiger partial charge < -0.3 is 51.8 Å². The van der Waals surface area contributed by atoms with Crippen molar-refractivity contribution in [2.75, 3.05) is 38.0 Å². The van der Waals surface area contributed by atoms with Crippen LogP contribution >= 0.6 is 0 Å². The van der Waals surface area contributed by atoms with Crippen LogP contribution in [-0.4, -0.2) is 114 Å². The van der Waals surface area contributed by atoms with Crippen molar-refractivity contribution in [1.29, 1.82) is 0 Å². The molecule has 252 valence electrons. The Labute approximate surface area is 264 Å². The lowest BCUT2D eigenvalue weighted by atomic mass is 10.1. The molecule has 1 aliphatic rings. The van der Waals surface area contributed by atoms with E-state index in [1.165, 1.54) is 13.8 Å². The number of benzene rings is 1. The van der Waals surface area contributed by atoms with E-state index in [1.807, 2.05) is 0 Å². The number of carbonyl (C=O) groups is 8. The molecule has 6 amide bonds. The second kappa shape index (κ2) is 18.0. The summed E-state index contributed by atoms with van der Waals surface area (Å²) in [6.45, 7) is 1.96. The van der Waals surface area contributed by atoms with E-state index in [2.05, 4.69) is 31.9 Å². The second-order valence-corrected chi connectivity index (χ2v) is 10.4. The van der Waals surface area contributed by atoms with E-state index in [9.17, 15) is 43.5 Å². The number of likely N-dealkylation sites (tertiary alicyclic amines) is 1. The van der Waals surface area contributed by atoms with Gasteiger partial charge in [-0.15, -0.1) is 0 Å². The summed E-state index contributed by atoms with van der Waals surface area (Å²) in [5.74, 6) is -6.24. The Morgan fingerprint density at radius 3 is 2.11 bits per heavy atom. The lowest BCUT2D eigenvalue weighted by molar-refractivity contribution is -0.146. The zero-order chi connectivity index (χ0) is 34.4. The third-order valence-corrected chi connectivity index (χ3v) is 6.56. The van der Waals surface area contributed by atoms with Gasteiger partial charge in [0.1, 0.15) is 24.9 Å². The maximum absolute atomic E-state index is 12.8. The fraction of sp³-hybridized carbons (Fsp3) is 0.500. The average Bonchev–Trinajstić information content (AvgIpc) is 3.25. The third kappa shape index (κ3) is 12.5. The molecule has 1 saturated heterocycles. The lowest BCUT2D eigenvalue weighted by Crippen LogP contribution is -2.56. The summed E-state index contributed by atoms with van der Waals surface area (Å²) in [6, 6.07) is 4.13. The van der Waals surface area contributed by atoms with Gasteiger partial charge in [-0.25, -0.2) is 0 Å². The molecule has 18 heteroatoms. The van der Waals surface area contributed by atoms with Crippen LogP contribution in [0.1, 0.15) is 32.8 Å². The number of aliphatic carboxylic acids is 1. The van der Waals surface area contributed by atoms with Gasteiger partial charge in [-0.3, -0.25) is 38.4 Å². The largest absolute Gasteiger partial charge is 0.480 e. The maximum Gasteiger partial charge on any atom is 0.317 e. The minimum absolute atomic E-state index is 0.0798. The summed E-state index contributed by atoms with van der Waals surface area (Å²) in [5, 5.41) is 33.5. The maximum atomic E-state index is 12.8. The van der Waals surface area contributed by atoms with Crippen LogP contribution in [0.3, 0.4) is 0 Å². The Morgan fingerprint density at radius 2 is 1.52 bits per heavy atom. The molecular weight excluding hydrogens is 610 g/mol. The SMILES string of the molecule is CC(=O)OCc1ccc(NC(=O)CNC(=O)[C@H](C)NC(=O)CNC(=O)CNC(=O)[C@H](CNCC(=O)O)N2C(=O)C(C)CC2O)cc1. The van der Waals surface area contributed by atoms with E-state index in [1.54, 1.807) is 31.2 Å². The van der Waals surface area contributed by atoms with Crippen molar-refractivity contribution in [2.24, 2.45) is 5.92 Å². The fourth-order valence-electron chi connectivity index (χ4n) is 4.21. The summed E-state index contributed by atoms with van der Waals surface area (Å²) in [4.78, 5) is 96.8. The molecule has 46 heavy (non-hydrogen) atoms. The van der Waals surface area contributed by atoms with Gasteiger partial charge in [-0.1, -0.05) is 19.1 Å². The minimum Gasteiger partial charge on any atom is -0.480 e. The molecule has 0 spiro atoms. The van der Waals surface area contributed by atoms with Crippen molar-refractivity contribution in [3.05, 3.63) is 29.8 Å². The van der Waals surface area contributed by atoms with Gasteiger partial charge in [0.2, 0.25) is 35.4 Å². The molecule has 0 aliphatic carbocycles. The first kappa shape index (κ1) is 37.1. The van der Waals surface area contributed by atoms with Crippen LogP contribution in [-0.2, 0) is 49.7 Å². The Bertz CT molecular complexity index is 1300. The van der Waals surface area contributed by atoms with Gasteiger partial charge in [0.15, 0.2) is 0 Å². The topological polar surface area (TPSA) is 262 Å². The highest BCUT2D eigenvalue weighted by Gasteiger charge is 2.42. The third-order valence-electron chi connectivity index (χ3n) is 6.56. The van der Waals surface area contributed by atoms with Crippen LogP contribution in [0, 0.1) is 5.92 Å². The van der Waals surface area contributed by atoms with Gasteiger partial charge >= 0.3 is 11.9 Å². The van der Waals surface area contributed by atoms with Crippen molar-refractivity contribution in [3.63, 3.8) is 0 Å². The number of aliphatic hydroxyl groups is 1. The Kier molecular flexibility index (Phi) is 14.5. The molecule has 2 rings (SSSR count). The molecule has 18 nitrogen and oxygen atoms in total. The van der Waals surface area contributed by atoms with Crippen molar-refractivity contribution in [2.45, 2.75) is 52.1 Å². The number of rotatable bonds is 17. The van der Waals surface area contributed by atoms with Crippen LogP contribution in [0.25, 0.3) is 0 Å². The van der Waals surface area contributed by atoms with Crippen LogP contribution in [0.4, 0.5) is 5.69 Å². The second-order valence-electron chi connectivity index (χ2n) is 10.4. The number of carboxylic acids is 1. The van der Waals surface area contributed by atoms with E-state index in [4.69, 9.17) is 9.84 Å². The first-order valence-electron chi connectivity index (χ1n) is 14.2. The first-order chi connectivity index (χ1) is 21.7. The van der Waals surface area contributed by atoms with Crippen LogP contribution in [0.5, 0.6) is 0 Å². The van der Waals surface area contributed by atoms with Gasteiger partial charge in [-0.05, 0) is 24.6 Å². The highest BCUT2D eigenvalue weighted by molar-refractivity contribution is 5.96. The number of carbonyl (C=O) groups excluding carboxylic acids is 7. The van der Waals surface area contributed by atoms with Gasteiger partial charge in [0.05, 0.1) is 26.2 Å². The Balaban J connectivity index is 1.73. The van der Waals surface area contributed by atoms with Crippen LogP contribution in [0.2, 0.25) is 0 Å². The molecule has 0 aromatic heterocycles. The molecule has 0 bridgehead atoms. The Morgan fingerprint density at radius 1 is 0.913 bits per heavy atom. The normalized spacial score (nSPS) is 16.9. The van der Waals surface area contributed by atoms with E-state index >= 15 is 0 Å². The van der Waals surface area contributed by atoms with Gasteiger partial charge in [0.25, 0.3) is 0 Å². The lowest BCUT2D eigenvalue weighted by Gasteiger charge is -2.30. The molecular formula is C28H39N7O11. The summed E-state index contributed by atoms with van der Waals surface area (Å²) in [5.41, 5.74) is 1.16. The number of aliphatic hydroxyl groups excluding tert-OH is 1. The molecule has 0 saturated carbocycles. The number of nitrogens with zero attached hydrogens (tertiary/aromatic N) is 1. The van der Waals surface area contributed by atoms with Gasteiger partial charge in [0, 0.05) is 31.5 Å². The molecule has 1 aliphatic heterocycles. The number of hydrogen-bond acceptors (Lipinski definition) is 11. The minimum atomic E-state index is -1.30. The smallest absolute Gasteiger partial charge is 0.317 e. The van der Waals surface area contributed by atoms with Crippen molar-refractivity contribution in [1.82, 2.24) is 31.5 Å². The number of nitrogens with one attached hydrogen (secondary N) is 6. The standard InChI is InChI=1S/C28H39N7O11/c1-15-8-24(40)35(28(15)45)20(9-29-13-25(41)42)27(44)32-10-21(37)30-11-22(38)33-16(2)26(43)31-12-23(39)34-19-6-4-18(5-7-19)14-46-17(3)36/h4-7,15-16,20,24,29,40H,8-14H2,1-3H3,(H,30,37)(H,31,43)(H,32,44)(H,33,38)(H,34,39)(H,41,42)/t15?,16-,20-,24?/m0/s1.